The molecule has 1 aromatic carbocycles. The Morgan fingerprint density at radius 1 is 1.22 bits per heavy atom. The van der Waals surface area contributed by atoms with Crippen LogP contribution in [0.15, 0.2) is 12.1 Å². The second kappa shape index (κ2) is 6.76. The van der Waals surface area contributed by atoms with Crippen LogP contribution in [0.25, 0.3) is 0 Å². The van der Waals surface area contributed by atoms with E-state index in [1.165, 1.54) is 5.56 Å². The van der Waals surface area contributed by atoms with E-state index in [0.717, 1.165) is 30.8 Å². The highest BCUT2D eigenvalue weighted by Crippen LogP contribution is 2.23. The molecule has 0 bridgehead atoms. The van der Waals surface area contributed by atoms with Gasteiger partial charge in [0.2, 0.25) is 0 Å². The molecule has 0 radical (unpaired) electrons. The molecule has 0 saturated carbocycles. The molecule has 3 nitrogen and oxygen atoms in total. The summed E-state index contributed by atoms with van der Waals surface area (Å²) in [5.74, 6) is 0.409. The summed E-state index contributed by atoms with van der Waals surface area (Å²) in [4.78, 5) is 2.37. The molecule has 0 saturated heterocycles. The molecule has 0 aliphatic heterocycles. The van der Waals surface area contributed by atoms with Crippen LogP contribution in [-0.2, 0) is 11.3 Å². The lowest BCUT2D eigenvalue weighted by atomic mass is 10.0. The lowest BCUT2D eigenvalue weighted by Gasteiger charge is -2.26. The normalized spacial score (nSPS) is 11.5. The van der Waals surface area contributed by atoms with Gasteiger partial charge >= 0.3 is 0 Å². The van der Waals surface area contributed by atoms with Crippen LogP contribution in [0.4, 0.5) is 0 Å². The van der Waals surface area contributed by atoms with Crippen LogP contribution in [0.3, 0.4) is 0 Å². The van der Waals surface area contributed by atoms with Crippen molar-refractivity contribution >= 4 is 0 Å². The van der Waals surface area contributed by atoms with Gasteiger partial charge in [-0.1, -0.05) is 12.1 Å². The fourth-order valence-corrected chi connectivity index (χ4v) is 2.10. The predicted octanol–water partition coefficient (Wildman–Crippen LogP) is 2.87. The maximum atomic E-state index is 9.78. The molecule has 3 heteroatoms. The summed E-state index contributed by atoms with van der Waals surface area (Å²) >= 11 is 0. The molecule has 0 amide bonds. The van der Waals surface area contributed by atoms with Gasteiger partial charge in [0.25, 0.3) is 0 Å². The summed E-state index contributed by atoms with van der Waals surface area (Å²) in [7, 11) is 1.73. The van der Waals surface area contributed by atoms with Crippen LogP contribution < -0.4 is 0 Å². The maximum Gasteiger partial charge on any atom is 0.121 e. The second-order valence-electron chi connectivity index (χ2n) is 5.14. The minimum absolute atomic E-state index is 0.409. The fourth-order valence-electron chi connectivity index (χ4n) is 2.10. The minimum Gasteiger partial charge on any atom is -0.507 e. The fraction of sp³-hybridized carbons (Fsp3) is 0.600. The number of aromatic hydroxyl groups is 1. The van der Waals surface area contributed by atoms with Crippen molar-refractivity contribution in [2.75, 3.05) is 20.3 Å². The number of rotatable bonds is 6. The van der Waals surface area contributed by atoms with E-state index in [-0.39, 0.29) is 0 Å². The smallest absolute Gasteiger partial charge is 0.121 e. The maximum absolute atomic E-state index is 9.78. The third-order valence-electron chi connectivity index (χ3n) is 3.25. The zero-order chi connectivity index (χ0) is 13.7. The van der Waals surface area contributed by atoms with Crippen LogP contribution >= 0.6 is 0 Å². The van der Waals surface area contributed by atoms with Crippen molar-refractivity contribution in [2.45, 2.75) is 40.3 Å². The van der Waals surface area contributed by atoms with Crippen molar-refractivity contribution in [3.05, 3.63) is 28.8 Å². The van der Waals surface area contributed by atoms with Gasteiger partial charge in [0.15, 0.2) is 0 Å². The monoisotopic (exact) mass is 251 g/mol. The van der Waals surface area contributed by atoms with Crippen molar-refractivity contribution in [3.8, 4) is 5.75 Å². The van der Waals surface area contributed by atoms with E-state index < -0.39 is 0 Å². The molecule has 102 valence electrons. The molecule has 18 heavy (non-hydrogen) atoms. The number of hydrogen-bond donors (Lipinski definition) is 1. The Balaban J connectivity index is 2.80. The first-order chi connectivity index (χ1) is 8.45. The van der Waals surface area contributed by atoms with Gasteiger partial charge in [0.05, 0.1) is 6.61 Å². The van der Waals surface area contributed by atoms with Crippen LogP contribution in [0, 0.1) is 13.8 Å². The van der Waals surface area contributed by atoms with E-state index >= 15 is 0 Å². The number of phenols is 1. The van der Waals surface area contributed by atoms with Crippen molar-refractivity contribution in [1.29, 1.82) is 0 Å². The largest absolute Gasteiger partial charge is 0.507 e. The Labute approximate surface area is 110 Å². The summed E-state index contributed by atoms with van der Waals surface area (Å²) in [5.41, 5.74) is 3.13. The molecule has 0 aromatic heterocycles. The van der Waals surface area contributed by atoms with Crippen LogP contribution in [0.2, 0.25) is 0 Å². The first-order valence-electron chi connectivity index (χ1n) is 6.47. The molecule has 0 aliphatic carbocycles. The predicted molar refractivity (Wildman–Crippen MR) is 75.0 cm³/mol. The van der Waals surface area contributed by atoms with Gasteiger partial charge in [0.1, 0.15) is 5.75 Å². The van der Waals surface area contributed by atoms with Crippen LogP contribution in [-0.4, -0.2) is 36.3 Å². The minimum atomic E-state index is 0.409. The van der Waals surface area contributed by atoms with E-state index in [4.69, 9.17) is 4.74 Å². The van der Waals surface area contributed by atoms with Crippen molar-refractivity contribution in [1.82, 2.24) is 4.90 Å². The summed E-state index contributed by atoms with van der Waals surface area (Å²) in [6, 6.07) is 4.60. The van der Waals surface area contributed by atoms with E-state index in [0.29, 0.717) is 11.8 Å². The quantitative estimate of drug-likeness (QED) is 0.844. The number of hydrogen-bond acceptors (Lipinski definition) is 3. The average molecular weight is 251 g/mol. The number of aryl methyl sites for hydroxylation is 2. The number of benzene rings is 1. The first-order valence-corrected chi connectivity index (χ1v) is 6.47. The molecule has 0 fully saturated rings. The molecular weight excluding hydrogens is 226 g/mol. The van der Waals surface area contributed by atoms with Gasteiger partial charge in [-0.3, -0.25) is 4.90 Å². The van der Waals surface area contributed by atoms with Gasteiger partial charge in [-0.05, 0) is 44.4 Å². The number of nitrogens with zero attached hydrogens (tertiary/aromatic N) is 1. The van der Waals surface area contributed by atoms with Gasteiger partial charge < -0.3 is 9.84 Å². The van der Waals surface area contributed by atoms with Gasteiger partial charge in [-0.2, -0.15) is 0 Å². The molecule has 0 unspecified atom stereocenters. The highest BCUT2D eigenvalue weighted by Gasteiger charge is 2.11. The zero-order valence-electron chi connectivity index (χ0n) is 12.2. The molecule has 0 spiro atoms. The van der Waals surface area contributed by atoms with Gasteiger partial charge in [-0.25, -0.2) is 0 Å². The molecule has 1 aromatic rings. The van der Waals surface area contributed by atoms with Crippen LogP contribution in [0.5, 0.6) is 5.75 Å². The van der Waals surface area contributed by atoms with E-state index in [9.17, 15) is 5.11 Å². The molecule has 0 heterocycles. The number of ether oxygens (including phenoxy) is 1. The first kappa shape index (κ1) is 15.0. The molecule has 0 aliphatic rings. The number of phenolic OH excluding ortho intramolecular Hbond substituents is 1. The van der Waals surface area contributed by atoms with Crippen molar-refractivity contribution in [2.24, 2.45) is 0 Å². The summed E-state index contributed by atoms with van der Waals surface area (Å²) in [6.45, 7) is 10.8. The van der Waals surface area contributed by atoms with Crippen LogP contribution in [0.1, 0.15) is 30.5 Å². The van der Waals surface area contributed by atoms with Gasteiger partial charge in [0, 0.05) is 26.2 Å². The van der Waals surface area contributed by atoms with E-state index in [2.05, 4.69) is 30.9 Å². The Hall–Kier alpha value is -1.06. The molecular formula is C15H25NO2. The van der Waals surface area contributed by atoms with E-state index in [1.54, 1.807) is 7.11 Å². The lowest BCUT2D eigenvalue weighted by molar-refractivity contribution is 0.125. The third-order valence-corrected chi connectivity index (χ3v) is 3.25. The Morgan fingerprint density at radius 2 is 1.78 bits per heavy atom. The van der Waals surface area contributed by atoms with Crippen molar-refractivity contribution < 1.29 is 9.84 Å². The number of methoxy groups -OCH3 is 1. The Kier molecular flexibility index (Phi) is 5.63. The Bertz CT molecular complexity index is 365. The SMILES string of the molecule is COCCN(Cc1cc(C)c(O)c(C)c1)C(C)C. The zero-order valence-corrected chi connectivity index (χ0v) is 12.2. The summed E-state index contributed by atoms with van der Waals surface area (Å²) < 4.78 is 5.15. The molecule has 0 atom stereocenters. The average Bonchev–Trinajstić information content (AvgIpc) is 2.30. The molecule has 1 N–H and O–H groups in total. The van der Waals surface area contributed by atoms with E-state index in [1.807, 2.05) is 13.8 Å². The molecule has 1 rings (SSSR count). The summed E-state index contributed by atoms with van der Waals surface area (Å²) in [5, 5.41) is 9.78. The van der Waals surface area contributed by atoms with Crippen molar-refractivity contribution in [3.63, 3.8) is 0 Å². The highest BCUT2D eigenvalue weighted by atomic mass is 16.5. The Morgan fingerprint density at radius 3 is 2.22 bits per heavy atom. The standard InChI is InChI=1S/C15H25NO2/c1-11(2)16(6-7-18-5)10-14-8-12(3)15(17)13(4)9-14/h8-9,11,17H,6-7,10H2,1-5H3. The lowest BCUT2D eigenvalue weighted by Crippen LogP contribution is -2.33. The highest BCUT2D eigenvalue weighted by molar-refractivity contribution is 5.42. The third kappa shape index (κ3) is 4.00. The second-order valence-corrected chi connectivity index (χ2v) is 5.14. The summed E-state index contributed by atoms with van der Waals surface area (Å²) in [6.07, 6.45) is 0. The topological polar surface area (TPSA) is 32.7 Å². The van der Waals surface area contributed by atoms with Gasteiger partial charge in [-0.15, -0.1) is 0 Å².